The van der Waals surface area contributed by atoms with E-state index in [2.05, 4.69) is 4.98 Å². The van der Waals surface area contributed by atoms with Gasteiger partial charge in [-0.2, -0.15) is 0 Å². The van der Waals surface area contributed by atoms with Crippen molar-refractivity contribution in [3.05, 3.63) is 71.2 Å². The predicted molar refractivity (Wildman–Crippen MR) is 97.3 cm³/mol. The van der Waals surface area contributed by atoms with Crippen LogP contribution >= 0.6 is 23.1 Å². The van der Waals surface area contributed by atoms with Gasteiger partial charge < -0.3 is 0 Å². The summed E-state index contributed by atoms with van der Waals surface area (Å²) < 4.78 is 27.7. The van der Waals surface area contributed by atoms with Gasteiger partial charge in [-0.3, -0.25) is 9.69 Å². The Hall–Kier alpha value is -2.25. The van der Waals surface area contributed by atoms with Gasteiger partial charge in [-0.15, -0.1) is 23.1 Å². The van der Waals surface area contributed by atoms with Crippen molar-refractivity contribution in [3.63, 3.8) is 0 Å². The number of hydrogen-bond donors (Lipinski definition) is 0. The minimum absolute atomic E-state index is 0.164. The van der Waals surface area contributed by atoms with Gasteiger partial charge in [0.2, 0.25) is 5.91 Å². The van der Waals surface area contributed by atoms with Gasteiger partial charge in [0.15, 0.2) is 5.13 Å². The third kappa shape index (κ3) is 4.05. The van der Waals surface area contributed by atoms with Crippen molar-refractivity contribution in [2.24, 2.45) is 0 Å². The lowest BCUT2D eigenvalue weighted by Crippen LogP contribution is -2.23. The molecule has 128 valence electrons. The Morgan fingerprint density at radius 2 is 1.80 bits per heavy atom. The van der Waals surface area contributed by atoms with Crippen LogP contribution in [-0.2, 0) is 10.5 Å². The number of benzene rings is 2. The number of nitrogens with zero attached hydrogens (tertiary/aromatic N) is 2. The number of carbonyl (C=O) groups excluding carboxylic acids is 1. The van der Waals surface area contributed by atoms with Gasteiger partial charge in [0.05, 0.1) is 11.4 Å². The summed E-state index contributed by atoms with van der Waals surface area (Å²) in [6.45, 7) is 1.36. The second kappa shape index (κ2) is 7.76. The normalized spacial score (nSPS) is 10.7. The molecule has 0 aliphatic heterocycles. The number of halogens is 2. The zero-order chi connectivity index (χ0) is 17.8. The lowest BCUT2D eigenvalue weighted by atomic mass is 10.3. The van der Waals surface area contributed by atoms with E-state index in [-0.39, 0.29) is 17.4 Å². The van der Waals surface area contributed by atoms with Crippen molar-refractivity contribution in [2.75, 3.05) is 4.90 Å². The molecule has 1 amide bonds. The van der Waals surface area contributed by atoms with E-state index in [9.17, 15) is 13.6 Å². The molecule has 0 radical (unpaired) electrons. The monoisotopic (exact) mass is 376 g/mol. The summed E-state index contributed by atoms with van der Waals surface area (Å²) in [5.41, 5.74) is 0.869. The van der Waals surface area contributed by atoms with E-state index in [1.165, 1.54) is 53.1 Å². The highest BCUT2D eigenvalue weighted by molar-refractivity contribution is 7.98. The van der Waals surface area contributed by atoms with Gasteiger partial charge in [0, 0.05) is 23.0 Å². The first-order valence-corrected chi connectivity index (χ1v) is 9.29. The SMILES string of the molecule is CC(=O)N(c1nc(CSc2ccccc2F)cs1)c1ccccc1F. The molecule has 1 heterocycles. The van der Waals surface area contributed by atoms with E-state index in [1.807, 2.05) is 0 Å². The first-order valence-electron chi connectivity index (χ1n) is 7.43. The van der Waals surface area contributed by atoms with Crippen molar-refractivity contribution in [1.29, 1.82) is 0 Å². The molecule has 0 aliphatic rings. The first-order chi connectivity index (χ1) is 12.1. The molecule has 0 atom stereocenters. The Kier molecular flexibility index (Phi) is 5.45. The Balaban J connectivity index is 1.80. The molecule has 25 heavy (non-hydrogen) atoms. The highest BCUT2D eigenvalue weighted by atomic mass is 32.2. The van der Waals surface area contributed by atoms with Crippen molar-refractivity contribution < 1.29 is 13.6 Å². The number of carbonyl (C=O) groups is 1. The Bertz CT molecular complexity index is 898. The second-order valence-corrected chi connectivity index (χ2v) is 7.00. The summed E-state index contributed by atoms with van der Waals surface area (Å²) in [7, 11) is 0. The number of para-hydroxylation sites is 1. The fraction of sp³-hybridized carbons (Fsp3) is 0.111. The van der Waals surface area contributed by atoms with Crippen LogP contribution in [0.15, 0.2) is 58.8 Å². The molecular weight excluding hydrogens is 362 g/mol. The third-order valence-electron chi connectivity index (χ3n) is 3.35. The predicted octanol–water partition coefficient (Wildman–Crippen LogP) is 5.40. The van der Waals surface area contributed by atoms with Crippen molar-refractivity contribution in [2.45, 2.75) is 17.6 Å². The number of hydrogen-bond acceptors (Lipinski definition) is 4. The van der Waals surface area contributed by atoms with Crippen LogP contribution in [0.25, 0.3) is 0 Å². The fourth-order valence-corrected chi connectivity index (χ4v) is 4.04. The topological polar surface area (TPSA) is 33.2 Å². The molecule has 3 nitrogen and oxygen atoms in total. The highest BCUT2D eigenvalue weighted by Gasteiger charge is 2.20. The van der Waals surface area contributed by atoms with Gasteiger partial charge in [-0.25, -0.2) is 13.8 Å². The number of anilines is 2. The maximum absolute atomic E-state index is 14.0. The zero-order valence-electron chi connectivity index (χ0n) is 13.3. The van der Waals surface area contributed by atoms with Gasteiger partial charge in [-0.1, -0.05) is 24.3 Å². The molecule has 0 N–H and O–H groups in total. The van der Waals surface area contributed by atoms with E-state index in [0.717, 1.165) is 0 Å². The minimum Gasteiger partial charge on any atom is -0.274 e. The number of thioether (sulfide) groups is 1. The molecule has 1 aromatic heterocycles. The molecule has 0 fully saturated rings. The molecule has 7 heteroatoms. The van der Waals surface area contributed by atoms with Gasteiger partial charge >= 0.3 is 0 Å². The first kappa shape index (κ1) is 17.6. The van der Waals surface area contributed by atoms with Crippen LogP contribution in [0.1, 0.15) is 12.6 Å². The lowest BCUT2D eigenvalue weighted by molar-refractivity contribution is -0.115. The van der Waals surface area contributed by atoms with Crippen molar-refractivity contribution in [3.8, 4) is 0 Å². The number of rotatable bonds is 5. The molecule has 0 bridgehead atoms. The minimum atomic E-state index is -0.491. The van der Waals surface area contributed by atoms with Gasteiger partial charge in [-0.05, 0) is 24.3 Å². The van der Waals surface area contributed by atoms with Crippen LogP contribution in [0, 0.1) is 11.6 Å². The van der Waals surface area contributed by atoms with Crippen LogP contribution < -0.4 is 4.90 Å². The van der Waals surface area contributed by atoms with E-state index >= 15 is 0 Å². The van der Waals surface area contributed by atoms with Gasteiger partial charge in [0.25, 0.3) is 0 Å². The molecule has 2 aromatic carbocycles. The summed E-state index contributed by atoms with van der Waals surface area (Å²) in [4.78, 5) is 18.2. The number of thiazole rings is 1. The maximum Gasteiger partial charge on any atom is 0.230 e. The molecule has 3 aromatic rings. The Labute approximate surface area is 152 Å². The summed E-state index contributed by atoms with van der Waals surface area (Å²) in [6, 6.07) is 12.6. The molecule has 0 saturated heterocycles. The molecule has 0 spiro atoms. The number of aromatic nitrogens is 1. The van der Waals surface area contributed by atoms with E-state index < -0.39 is 5.82 Å². The van der Waals surface area contributed by atoms with Crippen LogP contribution in [-0.4, -0.2) is 10.9 Å². The highest BCUT2D eigenvalue weighted by Crippen LogP contribution is 2.32. The van der Waals surface area contributed by atoms with Crippen molar-refractivity contribution >= 4 is 39.8 Å². The zero-order valence-corrected chi connectivity index (χ0v) is 14.9. The molecule has 0 unspecified atom stereocenters. The smallest absolute Gasteiger partial charge is 0.230 e. The van der Waals surface area contributed by atoms with E-state index in [1.54, 1.807) is 35.7 Å². The summed E-state index contributed by atoms with van der Waals surface area (Å²) in [5.74, 6) is -0.636. The van der Waals surface area contributed by atoms with Crippen molar-refractivity contribution in [1.82, 2.24) is 4.98 Å². The van der Waals surface area contributed by atoms with Gasteiger partial charge in [0.1, 0.15) is 11.6 Å². The average molecular weight is 376 g/mol. The lowest BCUT2D eigenvalue weighted by Gasteiger charge is -2.18. The van der Waals surface area contributed by atoms with Crippen LogP contribution in [0.4, 0.5) is 19.6 Å². The summed E-state index contributed by atoms with van der Waals surface area (Å²) >= 11 is 2.57. The Morgan fingerprint density at radius 1 is 1.12 bits per heavy atom. The standard InChI is InChI=1S/C18H14F2N2OS2/c1-12(23)22(16-8-4-2-6-14(16)19)18-21-13(11-25-18)10-24-17-9-5-3-7-15(17)20/h2-9,11H,10H2,1H3. The molecule has 0 saturated carbocycles. The van der Waals surface area contributed by atoms with Crippen LogP contribution in [0.2, 0.25) is 0 Å². The molecule has 3 rings (SSSR count). The summed E-state index contributed by atoms with van der Waals surface area (Å²) in [5, 5.41) is 2.18. The largest absolute Gasteiger partial charge is 0.274 e. The van der Waals surface area contributed by atoms with Crippen LogP contribution in [0.3, 0.4) is 0 Å². The number of amides is 1. The third-order valence-corrected chi connectivity index (χ3v) is 5.31. The molecule has 0 aliphatic carbocycles. The van der Waals surface area contributed by atoms with E-state index in [4.69, 9.17) is 0 Å². The fourth-order valence-electron chi connectivity index (χ4n) is 2.22. The Morgan fingerprint density at radius 3 is 2.48 bits per heavy atom. The van der Waals surface area contributed by atoms with Crippen LogP contribution in [0.5, 0.6) is 0 Å². The maximum atomic E-state index is 14.0. The second-order valence-electron chi connectivity index (χ2n) is 5.15. The summed E-state index contributed by atoms with van der Waals surface area (Å²) in [6.07, 6.45) is 0. The van der Waals surface area contributed by atoms with E-state index in [0.29, 0.717) is 21.5 Å². The molecular formula is C18H14F2N2OS2. The quantitative estimate of drug-likeness (QED) is 0.559. The average Bonchev–Trinajstić information content (AvgIpc) is 3.04.